The van der Waals surface area contributed by atoms with Crippen LogP contribution in [0.15, 0.2) is 0 Å². The van der Waals surface area contributed by atoms with Crippen molar-refractivity contribution in [1.29, 1.82) is 0 Å². The molecule has 0 aromatic heterocycles. The van der Waals surface area contributed by atoms with Crippen LogP contribution in [0.4, 0.5) is 0 Å². The molecule has 0 aliphatic heterocycles. The maximum absolute atomic E-state index is 8.48. The Balaban J connectivity index is -0.000000405. The van der Waals surface area contributed by atoms with Crippen molar-refractivity contribution in [2.24, 2.45) is 0 Å². The summed E-state index contributed by atoms with van der Waals surface area (Å²) in [5.41, 5.74) is 0. The molecule has 0 fully saturated rings. The number of rotatable bonds is 6. The van der Waals surface area contributed by atoms with Gasteiger partial charge in [-0.05, 0) is 0 Å². The molecule has 0 saturated heterocycles. The Bertz CT molecular complexity index is 65.5. The first kappa shape index (κ1) is 18.6. The largest absolute Gasteiger partial charge is 1.00 e. The Labute approximate surface area is 97.4 Å². The van der Waals surface area contributed by atoms with Gasteiger partial charge in [-0.3, -0.25) is 4.90 Å². The van der Waals surface area contributed by atoms with Crippen molar-refractivity contribution in [2.45, 2.75) is 0 Å². The van der Waals surface area contributed by atoms with Gasteiger partial charge < -0.3 is 15.3 Å². The molecular formula is C6H19BNNaO3. The normalized spacial score (nSPS) is 9.00. The van der Waals surface area contributed by atoms with Gasteiger partial charge in [-0.2, -0.15) is 0 Å². The molecule has 3 N–H and O–H groups in total. The van der Waals surface area contributed by atoms with Crippen molar-refractivity contribution >= 4 is 8.41 Å². The third-order valence-electron chi connectivity index (χ3n) is 1.25. The maximum atomic E-state index is 8.48. The van der Waals surface area contributed by atoms with Gasteiger partial charge in [-0.25, -0.2) is 0 Å². The Morgan fingerprint density at radius 1 is 0.750 bits per heavy atom. The van der Waals surface area contributed by atoms with E-state index in [0.29, 0.717) is 19.6 Å². The van der Waals surface area contributed by atoms with Gasteiger partial charge in [0.2, 0.25) is 0 Å². The van der Waals surface area contributed by atoms with Gasteiger partial charge in [0.1, 0.15) is 0 Å². The topological polar surface area (TPSA) is 63.9 Å². The van der Waals surface area contributed by atoms with Crippen LogP contribution in [0.25, 0.3) is 0 Å². The summed E-state index contributed by atoms with van der Waals surface area (Å²) in [6.07, 6.45) is 0. The SMILES string of the molecule is OCCN(CCO)CCO.[BH4-].[Na+]. The molecule has 0 aliphatic rings. The summed E-state index contributed by atoms with van der Waals surface area (Å²) in [6.45, 7) is 1.75. The van der Waals surface area contributed by atoms with E-state index in [1.54, 1.807) is 4.90 Å². The zero-order valence-electron chi connectivity index (χ0n) is 7.03. The van der Waals surface area contributed by atoms with Crippen LogP contribution in [-0.2, 0) is 0 Å². The molecule has 0 bridgehead atoms. The molecule has 0 heterocycles. The molecule has 0 amide bonds. The quantitative estimate of drug-likeness (QED) is 0.362. The van der Waals surface area contributed by atoms with E-state index in [1.165, 1.54) is 0 Å². The zero-order valence-corrected chi connectivity index (χ0v) is 9.03. The van der Waals surface area contributed by atoms with Crippen LogP contribution >= 0.6 is 0 Å². The van der Waals surface area contributed by atoms with Crippen LogP contribution in [0, 0.1) is 0 Å². The molecule has 0 atom stereocenters. The monoisotopic (exact) mass is 187 g/mol. The first-order valence-electron chi connectivity index (χ1n) is 3.40. The molecule has 4 nitrogen and oxygen atoms in total. The van der Waals surface area contributed by atoms with E-state index in [2.05, 4.69) is 0 Å². The third-order valence-corrected chi connectivity index (χ3v) is 1.25. The summed E-state index contributed by atoms with van der Waals surface area (Å²) in [6, 6.07) is 0. The van der Waals surface area contributed by atoms with E-state index in [1.807, 2.05) is 0 Å². The van der Waals surface area contributed by atoms with E-state index in [4.69, 9.17) is 15.3 Å². The molecule has 12 heavy (non-hydrogen) atoms. The van der Waals surface area contributed by atoms with Gasteiger partial charge in [-0.15, -0.1) is 0 Å². The van der Waals surface area contributed by atoms with Gasteiger partial charge in [-0.1, -0.05) is 8.41 Å². The Morgan fingerprint density at radius 2 is 1.00 bits per heavy atom. The predicted molar refractivity (Wildman–Crippen MR) is 49.0 cm³/mol. The minimum atomic E-state index is 0. The van der Waals surface area contributed by atoms with Gasteiger partial charge in [0.25, 0.3) is 0 Å². The van der Waals surface area contributed by atoms with E-state index >= 15 is 0 Å². The minimum Gasteiger partial charge on any atom is -0.395 e. The van der Waals surface area contributed by atoms with Crippen LogP contribution in [0.3, 0.4) is 0 Å². The molecule has 0 unspecified atom stereocenters. The fourth-order valence-electron chi connectivity index (χ4n) is 0.760. The number of aliphatic hydroxyl groups excluding tert-OH is 3. The molecule has 0 radical (unpaired) electrons. The van der Waals surface area contributed by atoms with Crippen LogP contribution in [-0.4, -0.2) is 68.1 Å². The number of nitrogens with zero attached hydrogens (tertiary/aromatic N) is 1. The first-order chi connectivity index (χ1) is 4.85. The third kappa shape index (κ3) is 10.9. The van der Waals surface area contributed by atoms with Crippen LogP contribution in [0.5, 0.6) is 0 Å². The van der Waals surface area contributed by atoms with Gasteiger partial charge in [0.15, 0.2) is 0 Å². The Morgan fingerprint density at radius 3 is 1.17 bits per heavy atom. The maximum Gasteiger partial charge on any atom is 1.00 e. The van der Waals surface area contributed by atoms with Gasteiger partial charge >= 0.3 is 29.6 Å². The summed E-state index contributed by atoms with van der Waals surface area (Å²) < 4.78 is 0. The molecule has 0 rings (SSSR count). The number of aliphatic hydroxyl groups is 3. The van der Waals surface area contributed by atoms with Crippen molar-refractivity contribution in [2.75, 3.05) is 39.5 Å². The molecule has 0 aromatic rings. The average Bonchev–Trinajstić information content (AvgIpc) is 1.90. The average molecular weight is 187 g/mol. The van der Waals surface area contributed by atoms with Crippen molar-refractivity contribution in [3.05, 3.63) is 0 Å². The second kappa shape index (κ2) is 14.4. The number of hydrogen-bond donors (Lipinski definition) is 3. The van der Waals surface area contributed by atoms with E-state index < -0.39 is 0 Å². The van der Waals surface area contributed by atoms with Crippen LogP contribution < -0.4 is 29.6 Å². The first-order valence-corrected chi connectivity index (χ1v) is 3.40. The zero-order chi connectivity index (χ0) is 7.82. The summed E-state index contributed by atoms with van der Waals surface area (Å²) in [7, 11) is 0. The summed E-state index contributed by atoms with van der Waals surface area (Å²) >= 11 is 0. The molecular weight excluding hydrogens is 168 g/mol. The molecule has 6 heteroatoms. The van der Waals surface area contributed by atoms with E-state index in [9.17, 15) is 0 Å². The summed E-state index contributed by atoms with van der Waals surface area (Å²) in [5.74, 6) is 0. The molecule has 0 aromatic carbocycles. The molecule has 0 aliphatic carbocycles. The Kier molecular flexibility index (Phi) is 22.4. The van der Waals surface area contributed by atoms with Crippen molar-refractivity contribution in [1.82, 2.24) is 4.90 Å². The Hall–Kier alpha value is 0.905. The van der Waals surface area contributed by atoms with E-state index in [-0.39, 0.29) is 57.8 Å². The fraction of sp³-hybridized carbons (Fsp3) is 1.00. The van der Waals surface area contributed by atoms with Crippen molar-refractivity contribution < 1.29 is 44.9 Å². The predicted octanol–water partition coefficient (Wildman–Crippen LogP) is -6.18. The fourth-order valence-corrected chi connectivity index (χ4v) is 0.760. The molecule has 0 saturated carbocycles. The van der Waals surface area contributed by atoms with E-state index in [0.717, 1.165) is 0 Å². The van der Waals surface area contributed by atoms with Gasteiger partial charge in [0.05, 0.1) is 19.8 Å². The minimum absolute atomic E-state index is 0. The number of hydrogen-bond acceptors (Lipinski definition) is 4. The van der Waals surface area contributed by atoms with Gasteiger partial charge in [0, 0.05) is 19.6 Å². The van der Waals surface area contributed by atoms with Crippen LogP contribution in [0.2, 0.25) is 0 Å². The smallest absolute Gasteiger partial charge is 0.395 e. The van der Waals surface area contributed by atoms with Crippen molar-refractivity contribution in [3.8, 4) is 0 Å². The van der Waals surface area contributed by atoms with Crippen LogP contribution in [0.1, 0.15) is 0 Å². The second-order valence-electron chi connectivity index (χ2n) is 2.01. The van der Waals surface area contributed by atoms with Crippen molar-refractivity contribution in [3.63, 3.8) is 0 Å². The summed E-state index contributed by atoms with van der Waals surface area (Å²) in [5, 5.41) is 25.5. The summed E-state index contributed by atoms with van der Waals surface area (Å²) in [4.78, 5) is 1.79. The standard InChI is InChI=1S/C6H15NO3.BH4.Na/c8-4-1-7(2-5-9)3-6-10;;/h8-10H,1-6H2;1H4;/q;-1;+1. The molecule has 0 spiro atoms. The second-order valence-corrected chi connectivity index (χ2v) is 2.01. The molecule has 70 valence electrons.